The molecular formula is C10H16O2. The molecular weight excluding hydrogens is 152 g/mol. The van der Waals surface area contributed by atoms with Crippen molar-refractivity contribution in [2.75, 3.05) is 0 Å². The molecule has 2 heteroatoms. The summed E-state index contributed by atoms with van der Waals surface area (Å²) in [4.78, 5) is 11.3. The molecule has 0 amide bonds. The molecule has 2 nitrogen and oxygen atoms in total. The summed E-state index contributed by atoms with van der Waals surface area (Å²) in [6, 6.07) is 0. The van der Waals surface area contributed by atoms with E-state index in [0.717, 1.165) is 6.42 Å². The molecule has 0 aromatic heterocycles. The van der Waals surface area contributed by atoms with Gasteiger partial charge in [0.05, 0.1) is 5.92 Å². The van der Waals surface area contributed by atoms with Crippen molar-refractivity contribution in [2.24, 2.45) is 23.7 Å². The Labute approximate surface area is 73.3 Å². The number of hydrogen-bond acceptors (Lipinski definition) is 2. The zero-order valence-electron chi connectivity index (χ0n) is 7.91. The molecule has 0 radical (unpaired) electrons. The van der Waals surface area contributed by atoms with Crippen LogP contribution in [0.1, 0.15) is 27.2 Å². The predicted molar refractivity (Wildman–Crippen MR) is 45.5 cm³/mol. The van der Waals surface area contributed by atoms with Crippen LogP contribution < -0.4 is 0 Å². The van der Waals surface area contributed by atoms with Crippen LogP contribution in [0.15, 0.2) is 0 Å². The second kappa shape index (κ2) is 2.48. The molecule has 12 heavy (non-hydrogen) atoms. The molecule has 0 N–H and O–H groups in total. The van der Waals surface area contributed by atoms with Gasteiger partial charge in [0, 0.05) is 5.92 Å². The fourth-order valence-electron chi connectivity index (χ4n) is 2.61. The van der Waals surface area contributed by atoms with E-state index in [2.05, 4.69) is 20.8 Å². The Morgan fingerprint density at radius 3 is 2.58 bits per heavy atom. The monoisotopic (exact) mass is 168 g/mol. The van der Waals surface area contributed by atoms with Gasteiger partial charge < -0.3 is 4.74 Å². The molecule has 1 aliphatic heterocycles. The van der Waals surface area contributed by atoms with E-state index in [9.17, 15) is 4.79 Å². The Kier molecular flexibility index (Phi) is 1.67. The number of hydrogen-bond donors (Lipinski definition) is 0. The smallest absolute Gasteiger partial charge is 0.309 e. The van der Waals surface area contributed by atoms with Gasteiger partial charge in [-0.25, -0.2) is 0 Å². The standard InChI is InChI=1S/C10H16O2/c1-5-4-8-7(3)9(6(5)2)12-10(8)11/h5-9H,4H2,1-3H3/t5-,6?,7?,8?,9?/m0/s1. The summed E-state index contributed by atoms with van der Waals surface area (Å²) in [6.07, 6.45) is 1.23. The van der Waals surface area contributed by atoms with Gasteiger partial charge >= 0.3 is 5.97 Å². The van der Waals surface area contributed by atoms with Crippen molar-refractivity contribution in [2.45, 2.75) is 33.3 Å². The summed E-state index contributed by atoms with van der Waals surface area (Å²) in [6.45, 7) is 6.56. The molecule has 0 aromatic carbocycles. The Bertz CT molecular complexity index is 212. The van der Waals surface area contributed by atoms with E-state index < -0.39 is 0 Å². The summed E-state index contributed by atoms with van der Waals surface area (Å²) >= 11 is 0. The zero-order valence-corrected chi connectivity index (χ0v) is 7.91. The fourth-order valence-corrected chi connectivity index (χ4v) is 2.61. The first-order valence-corrected chi connectivity index (χ1v) is 4.81. The lowest BCUT2D eigenvalue weighted by molar-refractivity contribution is -0.144. The first-order chi connectivity index (χ1) is 5.61. The highest BCUT2D eigenvalue weighted by atomic mass is 16.6. The quantitative estimate of drug-likeness (QED) is 0.516. The predicted octanol–water partition coefficient (Wildman–Crippen LogP) is 1.84. The Morgan fingerprint density at radius 2 is 1.92 bits per heavy atom. The van der Waals surface area contributed by atoms with Gasteiger partial charge in [0.1, 0.15) is 6.10 Å². The molecule has 5 atom stereocenters. The fraction of sp³-hybridized carbons (Fsp3) is 0.900. The van der Waals surface area contributed by atoms with Crippen LogP contribution >= 0.6 is 0 Å². The molecule has 1 saturated heterocycles. The molecule has 1 saturated carbocycles. The highest BCUT2D eigenvalue weighted by Gasteiger charge is 2.50. The Balaban J connectivity index is 2.25. The van der Waals surface area contributed by atoms with E-state index in [0.29, 0.717) is 17.8 Å². The van der Waals surface area contributed by atoms with Crippen LogP contribution in [0, 0.1) is 23.7 Å². The molecule has 1 heterocycles. The molecule has 2 rings (SSSR count). The van der Waals surface area contributed by atoms with Crippen molar-refractivity contribution in [3.05, 3.63) is 0 Å². The van der Waals surface area contributed by atoms with Crippen molar-refractivity contribution in [3.8, 4) is 0 Å². The third kappa shape index (κ3) is 0.900. The lowest BCUT2D eigenvalue weighted by Gasteiger charge is -2.33. The molecule has 0 aromatic rings. The van der Waals surface area contributed by atoms with E-state index >= 15 is 0 Å². The SMILES string of the molecule is CC1C2C[C@H](C)C(C)C1OC2=O. The average Bonchev–Trinajstić information content (AvgIpc) is 2.23. The third-order valence-corrected chi connectivity index (χ3v) is 3.75. The lowest BCUT2D eigenvalue weighted by Crippen LogP contribution is -2.35. The number of fused-ring (bicyclic) bond motifs is 2. The second-order valence-corrected chi connectivity index (χ2v) is 4.44. The normalized spacial score (nSPS) is 52.2. The van der Waals surface area contributed by atoms with Crippen molar-refractivity contribution in [3.63, 3.8) is 0 Å². The molecule has 2 bridgehead atoms. The minimum Gasteiger partial charge on any atom is -0.462 e. The third-order valence-electron chi connectivity index (χ3n) is 3.75. The lowest BCUT2D eigenvalue weighted by atomic mass is 9.70. The first-order valence-electron chi connectivity index (χ1n) is 4.81. The molecule has 2 fully saturated rings. The van der Waals surface area contributed by atoms with Crippen molar-refractivity contribution >= 4 is 5.97 Å². The van der Waals surface area contributed by atoms with Gasteiger partial charge in [0.25, 0.3) is 0 Å². The average molecular weight is 168 g/mol. The topological polar surface area (TPSA) is 26.3 Å². The van der Waals surface area contributed by atoms with Gasteiger partial charge in [-0.2, -0.15) is 0 Å². The molecule has 4 unspecified atom stereocenters. The largest absolute Gasteiger partial charge is 0.462 e. The summed E-state index contributed by atoms with van der Waals surface area (Å²) in [5, 5.41) is 0. The number of carbonyl (C=O) groups is 1. The van der Waals surface area contributed by atoms with Crippen LogP contribution in [0.2, 0.25) is 0 Å². The van der Waals surface area contributed by atoms with E-state index in [1.54, 1.807) is 0 Å². The minimum atomic E-state index is 0.0451. The highest BCUT2D eigenvalue weighted by molar-refractivity contribution is 5.75. The first kappa shape index (κ1) is 8.09. The van der Waals surface area contributed by atoms with E-state index in [1.165, 1.54) is 0 Å². The van der Waals surface area contributed by atoms with Crippen LogP contribution in [0.3, 0.4) is 0 Å². The maximum atomic E-state index is 11.3. The van der Waals surface area contributed by atoms with Crippen LogP contribution in [-0.4, -0.2) is 12.1 Å². The van der Waals surface area contributed by atoms with Crippen LogP contribution in [0.4, 0.5) is 0 Å². The van der Waals surface area contributed by atoms with Crippen molar-refractivity contribution in [1.82, 2.24) is 0 Å². The van der Waals surface area contributed by atoms with Gasteiger partial charge in [-0.3, -0.25) is 4.79 Å². The summed E-state index contributed by atoms with van der Waals surface area (Å²) in [5.41, 5.74) is 0. The molecule has 1 aliphatic carbocycles. The highest BCUT2D eigenvalue weighted by Crippen LogP contribution is 2.44. The van der Waals surface area contributed by atoms with Crippen LogP contribution in [-0.2, 0) is 9.53 Å². The van der Waals surface area contributed by atoms with Crippen molar-refractivity contribution < 1.29 is 9.53 Å². The van der Waals surface area contributed by atoms with Gasteiger partial charge in [-0.05, 0) is 18.3 Å². The van der Waals surface area contributed by atoms with Gasteiger partial charge in [0.15, 0.2) is 0 Å². The van der Waals surface area contributed by atoms with Crippen LogP contribution in [0.5, 0.6) is 0 Å². The van der Waals surface area contributed by atoms with Gasteiger partial charge in [-0.15, -0.1) is 0 Å². The van der Waals surface area contributed by atoms with Crippen molar-refractivity contribution in [1.29, 1.82) is 0 Å². The summed E-state index contributed by atoms with van der Waals surface area (Å²) < 4.78 is 5.34. The maximum Gasteiger partial charge on any atom is 0.309 e. The number of esters is 1. The number of ether oxygens (including phenoxy) is 1. The van der Waals surface area contributed by atoms with E-state index in [1.807, 2.05) is 0 Å². The number of rotatable bonds is 0. The van der Waals surface area contributed by atoms with Crippen LogP contribution in [0.25, 0.3) is 0 Å². The molecule has 2 aliphatic rings. The molecule has 68 valence electrons. The summed E-state index contributed by atoms with van der Waals surface area (Å²) in [7, 11) is 0. The Morgan fingerprint density at radius 1 is 1.25 bits per heavy atom. The summed E-state index contributed by atoms with van der Waals surface area (Å²) in [5.74, 6) is 1.87. The maximum absolute atomic E-state index is 11.3. The Hall–Kier alpha value is -0.530. The minimum absolute atomic E-state index is 0.0451. The van der Waals surface area contributed by atoms with E-state index in [-0.39, 0.29) is 18.0 Å². The zero-order chi connectivity index (χ0) is 8.88. The second-order valence-electron chi connectivity index (χ2n) is 4.44. The van der Waals surface area contributed by atoms with Gasteiger partial charge in [-0.1, -0.05) is 20.8 Å². The van der Waals surface area contributed by atoms with Gasteiger partial charge in [0.2, 0.25) is 0 Å². The molecule has 0 spiro atoms. The van der Waals surface area contributed by atoms with E-state index in [4.69, 9.17) is 4.74 Å². The number of carbonyl (C=O) groups excluding carboxylic acids is 1.